The van der Waals surface area contributed by atoms with E-state index in [1.54, 1.807) is 0 Å². The van der Waals surface area contributed by atoms with Crippen molar-refractivity contribution in [3.8, 4) is 0 Å². The van der Waals surface area contributed by atoms with Gasteiger partial charge >= 0.3 is 0 Å². The summed E-state index contributed by atoms with van der Waals surface area (Å²) in [6.45, 7) is 5.77. The molecule has 1 aliphatic rings. The highest BCUT2D eigenvalue weighted by Crippen LogP contribution is 2.14. The number of aliphatic hydroxyl groups is 1. The Kier molecular flexibility index (Phi) is 2.28. The van der Waals surface area contributed by atoms with Crippen LogP contribution in [0, 0.1) is 0 Å². The summed E-state index contributed by atoms with van der Waals surface area (Å²) in [6.07, 6.45) is -0.0243. The van der Waals surface area contributed by atoms with Gasteiger partial charge in [-0.2, -0.15) is 0 Å². The van der Waals surface area contributed by atoms with E-state index in [9.17, 15) is 0 Å². The fourth-order valence-corrected chi connectivity index (χ4v) is 1.17. The Morgan fingerprint density at radius 3 is 2.80 bits per heavy atom. The lowest BCUT2D eigenvalue weighted by Gasteiger charge is -2.35. The smallest absolute Gasteiger partial charge is 0.0937 e. The molecule has 0 radical (unpaired) electrons. The molecule has 3 nitrogen and oxygen atoms in total. The Morgan fingerprint density at radius 2 is 2.40 bits per heavy atom. The van der Waals surface area contributed by atoms with Gasteiger partial charge in [-0.1, -0.05) is 0 Å². The van der Waals surface area contributed by atoms with E-state index in [0.29, 0.717) is 0 Å². The van der Waals surface area contributed by atoms with Crippen LogP contribution < -0.4 is 5.32 Å². The molecule has 0 aliphatic carbocycles. The molecule has 1 saturated heterocycles. The summed E-state index contributed by atoms with van der Waals surface area (Å²) in [5.74, 6) is 0. The normalized spacial score (nSPS) is 32.1. The van der Waals surface area contributed by atoms with E-state index in [4.69, 9.17) is 9.84 Å². The molecule has 1 atom stereocenters. The summed E-state index contributed by atoms with van der Waals surface area (Å²) in [5, 5.41) is 11.9. The molecule has 0 saturated carbocycles. The van der Waals surface area contributed by atoms with E-state index >= 15 is 0 Å². The molecule has 0 aromatic carbocycles. The number of hydrogen-bond acceptors (Lipinski definition) is 3. The van der Waals surface area contributed by atoms with Gasteiger partial charge in [0.05, 0.1) is 18.3 Å². The fourth-order valence-electron chi connectivity index (χ4n) is 1.17. The fraction of sp³-hybridized carbons (Fsp3) is 1.00. The Balaban J connectivity index is 2.40. The molecule has 1 fully saturated rings. The van der Waals surface area contributed by atoms with E-state index in [0.717, 1.165) is 13.1 Å². The Hall–Kier alpha value is -0.120. The van der Waals surface area contributed by atoms with E-state index < -0.39 is 0 Å². The van der Waals surface area contributed by atoms with Gasteiger partial charge in [-0.05, 0) is 13.8 Å². The van der Waals surface area contributed by atoms with Crippen LogP contribution in [0.25, 0.3) is 0 Å². The highest BCUT2D eigenvalue weighted by Gasteiger charge is 2.27. The summed E-state index contributed by atoms with van der Waals surface area (Å²) in [6, 6.07) is 0. The molecular formula is C7H15NO2. The number of rotatable bonds is 1. The summed E-state index contributed by atoms with van der Waals surface area (Å²) in [7, 11) is 0. The molecule has 0 spiro atoms. The van der Waals surface area contributed by atoms with Crippen molar-refractivity contribution in [2.75, 3.05) is 19.7 Å². The minimum absolute atomic E-state index is 0.0243. The molecule has 0 bridgehead atoms. The van der Waals surface area contributed by atoms with Gasteiger partial charge in [-0.3, -0.25) is 0 Å². The molecule has 1 heterocycles. The van der Waals surface area contributed by atoms with Crippen LogP contribution in [0.3, 0.4) is 0 Å². The van der Waals surface area contributed by atoms with Gasteiger partial charge in [0.25, 0.3) is 0 Å². The van der Waals surface area contributed by atoms with Gasteiger partial charge in [-0.25, -0.2) is 0 Å². The maximum Gasteiger partial charge on any atom is 0.0937 e. The second-order valence-corrected chi connectivity index (χ2v) is 3.31. The molecule has 0 aromatic heterocycles. The molecule has 1 rings (SSSR count). The van der Waals surface area contributed by atoms with Crippen molar-refractivity contribution < 1.29 is 9.84 Å². The van der Waals surface area contributed by atoms with Crippen molar-refractivity contribution in [1.29, 1.82) is 0 Å². The summed E-state index contributed by atoms with van der Waals surface area (Å²) < 4.78 is 5.51. The van der Waals surface area contributed by atoms with Gasteiger partial charge in [0.15, 0.2) is 0 Å². The average molecular weight is 145 g/mol. The largest absolute Gasteiger partial charge is 0.394 e. The Labute approximate surface area is 61.4 Å². The van der Waals surface area contributed by atoms with Crippen molar-refractivity contribution in [3.63, 3.8) is 0 Å². The van der Waals surface area contributed by atoms with Crippen LogP contribution in [0.1, 0.15) is 13.8 Å². The number of aliphatic hydroxyl groups excluding tert-OH is 1. The van der Waals surface area contributed by atoms with Crippen molar-refractivity contribution >= 4 is 0 Å². The third kappa shape index (κ3) is 1.94. The Bertz CT molecular complexity index is 114. The molecule has 1 aliphatic heterocycles. The highest BCUT2D eigenvalue weighted by atomic mass is 16.5. The molecule has 2 N–H and O–H groups in total. The van der Waals surface area contributed by atoms with Crippen LogP contribution in [0.5, 0.6) is 0 Å². The van der Waals surface area contributed by atoms with Gasteiger partial charge < -0.3 is 15.2 Å². The van der Waals surface area contributed by atoms with Crippen LogP contribution in [-0.2, 0) is 4.74 Å². The molecule has 3 heteroatoms. The zero-order valence-corrected chi connectivity index (χ0v) is 6.55. The van der Waals surface area contributed by atoms with Crippen LogP contribution in [0.15, 0.2) is 0 Å². The molecule has 1 unspecified atom stereocenters. The third-order valence-corrected chi connectivity index (χ3v) is 1.61. The second kappa shape index (κ2) is 2.86. The zero-order chi connectivity index (χ0) is 7.61. The van der Waals surface area contributed by atoms with Gasteiger partial charge in [0.2, 0.25) is 0 Å². The lowest BCUT2D eigenvalue weighted by molar-refractivity contribution is -0.110. The van der Waals surface area contributed by atoms with E-state index in [1.165, 1.54) is 0 Å². The molecule has 0 aromatic rings. The Morgan fingerprint density at radius 1 is 1.70 bits per heavy atom. The number of ether oxygens (including phenoxy) is 1. The molecule has 60 valence electrons. The van der Waals surface area contributed by atoms with Gasteiger partial charge in [-0.15, -0.1) is 0 Å². The first-order valence-electron chi connectivity index (χ1n) is 3.63. The molecule has 0 amide bonds. The quantitative estimate of drug-likeness (QED) is 0.534. The minimum atomic E-state index is -0.119. The first-order chi connectivity index (χ1) is 4.64. The van der Waals surface area contributed by atoms with Gasteiger partial charge in [0.1, 0.15) is 0 Å². The van der Waals surface area contributed by atoms with Crippen molar-refractivity contribution in [3.05, 3.63) is 0 Å². The van der Waals surface area contributed by atoms with E-state index in [2.05, 4.69) is 5.32 Å². The number of hydrogen-bond donors (Lipinski definition) is 2. The van der Waals surface area contributed by atoms with Crippen molar-refractivity contribution in [1.82, 2.24) is 5.32 Å². The van der Waals surface area contributed by atoms with Crippen molar-refractivity contribution in [2.45, 2.75) is 25.6 Å². The zero-order valence-electron chi connectivity index (χ0n) is 6.55. The summed E-state index contributed by atoms with van der Waals surface area (Å²) in [4.78, 5) is 0. The maximum atomic E-state index is 8.76. The number of nitrogens with one attached hydrogen (secondary N) is 1. The second-order valence-electron chi connectivity index (χ2n) is 3.31. The van der Waals surface area contributed by atoms with Crippen LogP contribution in [0.4, 0.5) is 0 Å². The number of morpholine rings is 1. The molecule has 10 heavy (non-hydrogen) atoms. The maximum absolute atomic E-state index is 8.76. The minimum Gasteiger partial charge on any atom is -0.394 e. The lowest BCUT2D eigenvalue weighted by atomic mass is 10.1. The van der Waals surface area contributed by atoms with Crippen molar-refractivity contribution in [2.24, 2.45) is 0 Å². The topological polar surface area (TPSA) is 41.5 Å². The molecular weight excluding hydrogens is 130 g/mol. The lowest BCUT2D eigenvalue weighted by Crippen LogP contribution is -2.51. The SMILES string of the molecule is CC1(C)CNCC(CO)O1. The standard InChI is InChI=1S/C7H15NO2/c1-7(2)5-8-3-6(4-9)10-7/h6,8-9H,3-5H2,1-2H3. The van der Waals surface area contributed by atoms with Gasteiger partial charge in [0, 0.05) is 13.1 Å². The monoisotopic (exact) mass is 145 g/mol. The third-order valence-electron chi connectivity index (χ3n) is 1.61. The predicted octanol–water partition coefficient (Wildman–Crippen LogP) is -0.254. The van der Waals surface area contributed by atoms with Crippen LogP contribution in [0.2, 0.25) is 0 Å². The van der Waals surface area contributed by atoms with E-state index in [-0.39, 0.29) is 18.3 Å². The first-order valence-corrected chi connectivity index (χ1v) is 3.63. The average Bonchev–Trinajstić information content (AvgIpc) is 1.86. The first kappa shape index (κ1) is 7.98. The summed E-state index contributed by atoms with van der Waals surface area (Å²) >= 11 is 0. The van der Waals surface area contributed by atoms with E-state index in [1.807, 2.05) is 13.8 Å². The van der Waals surface area contributed by atoms with Crippen LogP contribution in [-0.4, -0.2) is 36.5 Å². The highest BCUT2D eigenvalue weighted by molar-refractivity contribution is 4.80. The summed E-state index contributed by atoms with van der Waals surface area (Å²) in [5.41, 5.74) is -0.119. The predicted molar refractivity (Wildman–Crippen MR) is 38.9 cm³/mol. The van der Waals surface area contributed by atoms with Crippen LogP contribution >= 0.6 is 0 Å².